The molecular weight excluding hydrogens is 328 g/mol. The van der Waals surface area contributed by atoms with Crippen LogP contribution in [0.5, 0.6) is 0 Å². The van der Waals surface area contributed by atoms with Gasteiger partial charge in [-0.2, -0.15) is 0 Å². The predicted octanol–water partition coefficient (Wildman–Crippen LogP) is 3.53. The van der Waals surface area contributed by atoms with E-state index in [0.29, 0.717) is 5.69 Å². The van der Waals surface area contributed by atoms with Gasteiger partial charge in [-0.3, -0.25) is 14.8 Å². The SMILES string of the molecule is C[C@](Cc1ccccc1)(C(=O)NO)C(=O)Nc1cccc2ccccc12. The fourth-order valence-corrected chi connectivity index (χ4v) is 2.99. The molecule has 0 radical (unpaired) electrons. The second-order valence-electron chi connectivity index (χ2n) is 6.42. The van der Waals surface area contributed by atoms with Crippen LogP contribution in [0.15, 0.2) is 72.8 Å². The minimum absolute atomic E-state index is 0.164. The van der Waals surface area contributed by atoms with Crippen molar-refractivity contribution in [2.45, 2.75) is 13.3 Å². The molecular formula is C21H20N2O3. The molecule has 5 nitrogen and oxygen atoms in total. The lowest BCUT2D eigenvalue weighted by Gasteiger charge is -2.26. The maximum atomic E-state index is 13.0. The maximum Gasteiger partial charge on any atom is 0.259 e. The second-order valence-corrected chi connectivity index (χ2v) is 6.42. The van der Waals surface area contributed by atoms with Crippen molar-refractivity contribution >= 4 is 28.3 Å². The fourth-order valence-electron chi connectivity index (χ4n) is 2.99. The van der Waals surface area contributed by atoms with Gasteiger partial charge in [0.15, 0.2) is 0 Å². The molecule has 0 aliphatic carbocycles. The molecule has 3 N–H and O–H groups in total. The van der Waals surface area contributed by atoms with Crippen LogP contribution in [0, 0.1) is 5.41 Å². The summed E-state index contributed by atoms with van der Waals surface area (Å²) < 4.78 is 0. The van der Waals surface area contributed by atoms with Gasteiger partial charge in [-0.15, -0.1) is 0 Å². The molecule has 3 rings (SSSR count). The first-order valence-electron chi connectivity index (χ1n) is 8.32. The third-order valence-electron chi connectivity index (χ3n) is 4.54. The van der Waals surface area contributed by atoms with Gasteiger partial charge in [-0.25, -0.2) is 5.48 Å². The Morgan fingerprint density at radius 1 is 0.885 bits per heavy atom. The lowest BCUT2D eigenvalue weighted by Crippen LogP contribution is -2.47. The Kier molecular flexibility index (Phi) is 5.00. The molecule has 0 aliphatic rings. The van der Waals surface area contributed by atoms with Crippen molar-refractivity contribution in [1.82, 2.24) is 5.48 Å². The van der Waals surface area contributed by atoms with Crippen LogP contribution in [-0.4, -0.2) is 17.0 Å². The number of hydrogen-bond acceptors (Lipinski definition) is 3. The van der Waals surface area contributed by atoms with Crippen molar-refractivity contribution < 1.29 is 14.8 Å². The Morgan fingerprint density at radius 3 is 2.27 bits per heavy atom. The van der Waals surface area contributed by atoms with Gasteiger partial charge in [0.2, 0.25) is 5.91 Å². The Labute approximate surface area is 151 Å². The first kappa shape index (κ1) is 17.6. The summed E-state index contributed by atoms with van der Waals surface area (Å²) in [5.74, 6) is -1.23. The summed E-state index contributed by atoms with van der Waals surface area (Å²) in [5.41, 5.74) is 1.61. The van der Waals surface area contributed by atoms with Crippen molar-refractivity contribution in [1.29, 1.82) is 0 Å². The molecule has 0 bridgehead atoms. The van der Waals surface area contributed by atoms with Crippen LogP contribution in [0.3, 0.4) is 0 Å². The Hall–Kier alpha value is -3.18. The predicted molar refractivity (Wildman–Crippen MR) is 101 cm³/mol. The average Bonchev–Trinajstić information content (AvgIpc) is 2.68. The summed E-state index contributed by atoms with van der Waals surface area (Å²) in [6, 6.07) is 22.5. The van der Waals surface area contributed by atoms with Gasteiger partial charge in [-0.1, -0.05) is 66.7 Å². The van der Waals surface area contributed by atoms with E-state index in [2.05, 4.69) is 5.32 Å². The standard InChI is InChI=1S/C21H20N2O3/c1-21(20(25)23-26,14-15-8-3-2-4-9-15)19(24)22-18-13-7-11-16-10-5-6-12-17(16)18/h2-13,26H,14H2,1H3,(H,22,24)(H,23,25)/t21-/m1/s1. The number of benzene rings is 3. The monoisotopic (exact) mass is 348 g/mol. The summed E-state index contributed by atoms with van der Waals surface area (Å²) >= 11 is 0. The number of carbonyl (C=O) groups excluding carboxylic acids is 2. The van der Waals surface area contributed by atoms with Gasteiger partial charge in [-0.05, 0) is 30.4 Å². The molecule has 2 amide bonds. The summed E-state index contributed by atoms with van der Waals surface area (Å²) in [6.07, 6.45) is 0.164. The fraction of sp³-hybridized carbons (Fsp3) is 0.143. The number of carbonyl (C=O) groups is 2. The molecule has 0 saturated heterocycles. The van der Waals surface area contributed by atoms with Crippen LogP contribution in [0.2, 0.25) is 0 Å². The van der Waals surface area contributed by atoms with E-state index >= 15 is 0 Å². The van der Waals surface area contributed by atoms with Crippen molar-refractivity contribution in [3.05, 3.63) is 78.4 Å². The van der Waals surface area contributed by atoms with E-state index in [-0.39, 0.29) is 6.42 Å². The van der Waals surface area contributed by atoms with Crippen LogP contribution >= 0.6 is 0 Å². The maximum absolute atomic E-state index is 13.0. The molecule has 0 unspecified atom stereocenters. The molecule has 3 aromatic carbocycles. The average molecular weight is 348 g/mol. The van der Waals surface area contributed by atoms with Crippen LogP contribution in [0.4, 0.5) is 5.69 Å². The van der Waals surface area contributed by atoms with Crippen molar-refractivity contribution in [3.63, 3.8) is 0 Å². The molecule has 0 fully saturated rings. The van der Waals surface area contributed by atoms with E-state index in [9.17, 15) is 9.59 Å². The first-order valence-corrected chi connectivity index (χ1v) is 8.32. The highest BCUT2D eigenvalue weighted by Crippen LogP contribution is 2.28. The summed E-state index contributed by atoms with van der Waals surface area (Å²) in [5, 5.41) is 13.9. The minimum Gasteiger partial charge on any atom is -0.325 e. The molecule has 1 atom stereocenters. The zero-order valence-electron chi connectivity index (χ0n) is 14.4. The molecule has 132 valence electrons. The normalized spacial score (nSPS) is 13.0. The number of nitrogens with one attached hydrogen (secondary N) is 2. The summed E-state index contributed by atoms with van der Waals surface area (Å²) in [7, 11) is 0. The highest BCUT2D eigenvalue weighted by atomic mass is 16.5. The number of rotatable bonds is 5. The van der Waals surface area contributed by atoms with E-state index in [1.54, 1.807) is 11.5 Å². The molecule has 5 heteroatoms. The molecule has 0 saturated carbocycles. The molecule has 26 heavy (non-hydrogen) atoms. The van der Waals surface area contributed by atoms with E-state index in [4.69, 9.17) is 5.21 Å². The second kappa shape index (κ2) is 7.37. The summed E-state index contributed by atoms with van der Waals surface area (Å²) in [6.45, 7) is 1.52. The lowest BCUT2D eigenvalue weighted by molar-refractivity contribution is -0.145. The van der Waals surface area contributed by atoms with Crippen LogP contribution in [0.1, 0.15) is 12.5 Å². The summed E-state index contributed by atoms with van der Waals surface area (Å²) in [4.78, 5) is 25.3. The largest absolute Gasteiger partial charge is 0.325 e. The quantitative estimate of drug-likeness (QED) is 0.375. The van der Waals surface area contributed by atoms with Crippen molar-refractivity contribution in [2.75, 3.05) is 5.32 Å². The third-order valence-corrected chi connectivity index (χ3v) is 4.54. The smallest absolute Gasteiger partial charge is 0.259 e. The van der Waals surface area contributed by atoms with E-state index < -0.39 is 17.2 Å². The van der Waals surface area contributed by atoms with Crippen molar-refractivity contribution in [3.8, 4) is 0 Å². The van der Waals surface area contributed by atoms with Crippen LogP contribution < -0.4 is 10.8 Å². The van der Waals surface area contributed by atoms with Crippen LogP contribution in [0.25, 0.3) is 10.8 Å². The first-order chi connectivity index (χ1) is 12.5. The molecule has 0 aromatic heterocycles. The topological polar surface area (TPSA) is 78.4 Å². The minimum atomic E-state index is -1.47. The van der Waals surface area contributed by atoms with Gasteiger partial charge in [0.05, 0.1) is 0 Å². The van der Waals surface area contributed by atoms with E-state index in [1.807, 2.05) is 66.7 Å². The highest BCUT2D eigenvalue weighted by Gasteiger charge is 2.41. The van der Waals surface area contributed by atoms with Gasteiger partial charge in [0, 0.05) is 11.1 Å². The lowest BCUT2D eigenvalue weighted by atomic mass is 9.81. The molecule has 0 spiro atoms. The van der Waals surface area contributed by atoms with Crippen molar-refractivity contribution in [2.24, 2.45) is 5.41 Å². The highest BCUT2D eigenvalue weighted by molar-refractivity contribution is 6.12. The Morgan fingerprint density at radius 2 is 1.54 bits per heavy atom. The zero-order valence-corrected chi connectivity index (χ0v) is 14.4. The van der Waals surface area contributed by atoms with E-state index in [1.165, 1.54) is 6.92 Å². The Balaban J connectivity index is 1.94. The van der Waals surface area contributed by atoms with Gasteiger partial charge in [0.25, 0.3) is 5.91 Å². The Bertz CT molecular complexity index is 935. The number of hydrogen-bond donors (Lipinski definition) is 3. The molecule has 0 heterocycles. The van der Waals surface area contributed by atoms with Gasteiger partial charge < -0.3 is 5.32 Å². The zero-order chi connectivity index (χ0) is 18.6. The molecule has 3 aromatic rings. The number of hydroxylamine groups is 1. The van der Waals surface area contributed by atoms with Gasteiger partial charge >= 0.3 is 0 Å². The van der Waals surface area contributed by atoms with Crippen LogP contribution in [-0.2, 0) is 16.0 Å². The van der Waals surface area contributed by atoms with Gasteiger partial charge in [0.1, 0.15) is 5.41 Å². The number of fused-ring (bicyclic) bond motifs is 1. The number of anilines is 1. The van der Waals surface area contributed by atoms with E-state index in [0.717, 1.165) is 16.3 Å². The third kappa shape index (κ3) is 3.43. The molecule has 0 aliphatic heterocycles. The number of amides is 2.